The van der Waals surface area contributed by atoms with Crippen LogP contribution < -0.4 is 0 Å². The highest BCUT2D eigenvalue weighted by Crippen LogP contribution is 2.64. The maximum atomic E-state index is 2.38. The van der Waals surface area contributed by atoms with Gasteiger partial charge in [0.2, 0.25) is 0 Å². The van der Waals surface area contributed by atoms with E-state index in [1.807, 2.05) is 0 Å². The predicted octanol–water partition coefficient (Wildman–Crippen LogP) is 8.01. The van der Waals surface area contributed by atoms with Crippen molar-refractivity contribution in [2.24, 2.45) is 0 Å². The second kappa shape index (κ2) is 6.31. The molecule has 150 valence electrons. The third kappa shape index (κ3) is 2.07. The normalized spacial score (nSPS) is 14.0. The number of hydrogen-bond donors (Lipinski definition) is 0. The van der Waals surface area contributed by atoms with Gasteiger partial charge in [0.15, 0.2) is 0 Å². The largest absolute Gasteiger partial charge is 0.0731 e. The maximum Gasteiger partial charge on any atom is 0.0731 e. The molecule has 7 rings (SSSR count). The molecule has 0 atom stereocenters. The molecule has 0 bridgehead atoms. The fourth-order valence-electron chi connectivity index (χ4n) is 6.18. The molecule has 1 spiro atoms. The van der Waals surface area contributed by atoms with Gasteiger partial charge in [0.1, 0.15) is 0 Å². The van der Waals surface area contributed by atoms with Crippen LogP contribution in [0.5, 0.6) is 0 Å². The van der Waals surface area contributed by atoms with E-state index in [9.17, 15) is 0 Å². The Labute approximate surface area is 188 Å². The highest BCUT2D eigenvalue weighted by atomic mass is 14.5. The summed E-state index contributed by atoms with van der Waals surface area (Å²) >= 11 is 0. The highest BCUT2D eigenvalue weighted by molar-refractivity contribution is 5.98. The molecule has 0 nitrogen and oxygen atoms in total. The molecule has 2 aliphatic rings. The van der Waals surface area contributed by atoms with Crippen molar-refractivity contribution < 1.29 is 0 Å². The molecule has 0 fully saturated rings. The minimum Gasteiger partial charge on any atom is -0.0622 e. The first-order valence-electron chi connectivity index (χ1n) is 11.3. The van der Waals surface area contributed by atoms with Crippen LogP contribution in [-0.4, -0.2) is 0 Å². The van der Waals surface area contributed by atoms with E-state index < -0.39 is 0 Å². The van der Waals surface area contributed by atoms with Gasteiger partial charge >= 0.3 is 0 Å². The molecule has 0 radical (unpaired) electrons. The first-order chi connectivity index (χ1) is 15.8. The smallest absolute Gasteiger partial charge is 0.0622 e. The van der Waals surface area contributed by atoms with Gasteiger partial charge in [-0.15, -0.1) is 0 Å². The second-order valence-electron chi connectivity index (χ2n) is 8.98. The van der Waals surface area contributed by atoms with Crippen LogP contribution in [0.4, 0.5) is 0 Å². The second-order valence-corrected chi connectivity index (χ2v) is 8.98. The summed E-state index contributed by atoms with van der Waals surface area (Å²) in [5, 5.41) is 0. The molecule has 5 aromatic carbocycles. The van der Waals surface area contributed by atoms with Gasteiger partial charge in [-0.25, -0.2) is 0 Å². The van der Waals surface area contributed by atoms with Gasteiger partial charge in [0, 0.05) is 0 Å². The van der Waals surface area contributed by atoms with Crippen LogP contribution in [0.3, 0.4) is 0 Å². The maximum absolute atomic E-state index is 2.38. The van der Waals surface area contributed by atoms with E-state index in [-0.39, 0.29) is 5.41 Å². The van der Waals surface area contributed by atoms with E-state index in [1.54, 1.807) is 0 Å². The van der Waals surface area contributed by atoms with Gasteiger partial charge in [-0.05, 0) is 62.6 Å². The molecule has 32 heavy (non-hydrogen) atoms. The minimum absolute atomic E-state index is 0.294. The monoisotopic (exact) mass is 406 g/mol. The predicted molar refractivity (Wildman–Crippen MR) is 133 cm³/mol. The number of fused-ring (bicyclic) bond motifs is 10. The fraction of sp³-hybridized carbons (Fsp3) is 0.0625. The Bertz CT molecular complexity index is 1480. The van der Waals surface area contributed by atoms with E-state index in [1.165, 1.54) is 61.2 Å². The van der Waals surface area contributed by atoms with Crippen LogP contribution in [0, 0.1) is 6.92 Å². The molecule has 0 N–H and O–H groups in total. The van der Waals surface area contributed by atoms with Gasteiger partial charge in [-0.2, -0.15) is 0 Å². The summed E-state index contributed by atoms with van der Waals surface area (Å²) in [7, 11) is 0. The Balaban J connectivity index is 1.72. The average molecular weight is 407 g/mol. The summed E-state index contributed by atoms with van der Waals surface area (Å²) in [6.45, 7) is 2.20. The van der Waals surface area contributed by atoms with Gasteiger partial charge in [0.25, 0.3) is 0 Å². The molecule has 0 saturated heterocycles. The van der Waals surface area contributed by atoms with E-state index >= 15 is 0 Å². The van der Waals surface area contributed by atoms with Crippen molar-refractivity contribution in [3.8, 4) is 33.4 Å². The molecule has 2 aliphatic carbocycles. The lowest BCUT2D eigenvalue weighted by molar-refractivity contribution is 0.795. The third-order valence-electron chi connectivity index (χ3n) is 7.35. The zero-order chi connectivity index (χ0) is 21.3. The quantitative estimate of drug-likeness (QED) is 0.259. The van der Waals surface area contributed by atoms with Gasteiger partial charge < -0.3 is 0 Å². The van der Waals surface area contributed by atoms with Crippen molar-refractivity contribution in [1.82, 2.24) is 0 Å². The summed E-state index contributed by atoms with van der Waals surface area (Å²) in [6, 6.07) is 42.7. The molecule has 0 amide bonds. The van der Waals surface area contributed by atoms with Crippen LogP contribution in [-0.2, 0) is 5.41 Å². The summed E-state index contributed by atoms with van der Waals surface area (Å²) < 4.78 is 0. The van der Waals surface area contributed by atoms with Gasteiger partial charge in [-0.1, -0.05) is 121 Å². The lowest BCUT2D eigenvalue weighted by Gasteiger charge is -2.32. The molecule has 0 aliphatic heterocycles. The first kappa shape index (κ1) is 17.7. The van der Waals surface area contributed by atoms with E-state index in [0.29, 0.717) is 0 Å². The molecule has 0 unspecified atom stereocenters. The zero-order valence-corrected chi connectivity index (χ0v) is 18.0. The molecule has 5 aromatic rings. The molecule has 0 saturated carbocycles. The Morgan fingerprint density at radius 2 is 1.00 bits per heavy atom. The van der Waals surface area contributed by atoms with Gasteiger partial charge in [-0.3, -0.25) is 0 Å². The third-order valence-corrected chi connectivity index (χ3v) is 7.35. The number of hydrogen-bond acceptors (Lipinski definition) is 0. The van der Waals surface area contributed by atoms with Crippen molar-refractivity contribution in [3.63, 3.8) is 0 Å². The van der Waals surface area contributed by atoms with E-state index in [4.69, 9.17) is 0 Å². The molecule has 0 heteroatoms. The lowest BCUT2D eigenvalue weighted by atomic mass is 9.68. The summed E-state index contributed by atoms with van der Waals surface area (Å²) in [4.78, 5) is 0. The Kier molecular flexibility index (Phi) is 3.50. The van der Waals surface area contributed by atoms with E-state index in [2.05, 4.69) is 122 Å². The number of benzene rings is 5. The highest BCUT2D eigenvalue weighted by Gasteiger charge is 2.52. The van der Waals surface area contributed by atoms with Crippen molar-refractivity contribution in [2.75, 3.05) is 0 Å². The van der Waals surface area contributed by atoms with Gasteiger partial charge in [0.05, 0.1) is 5.41 Å². The Morgan fingerprint density at radius 3 is 1.72 bits per heavy atom. The van der Waals surface area contributed by atoms with E-state index in [0.717, 1.165) is 0 Å². The van der Waals surface area contributed by atoms with Crippen LogP contribution in [0.1, 0.15) is 27.8 Å². The summed E-state index contributed by atoms with van der Waals surface area (Å²) in [6.07, 6.45) is 0. The Morgan fingerprint density at radius 1 is 0.438 bits per heavy atom. The van der Waals surface area contributed by atoms with Crippen molar-refractivity contribution >= 4 is 0 Å². The van der Waals surface area contributed by atoms with Crippen LogP contribution in [0.15, 0.2) is 115 Å². The van der Waals surface area contributed by atoms with Crippen molar-refractivity contribution in [3.05, 3.63) is 143 Å². The number of aryl methyl sites for hydroxylation is 1. The van der Waals surface area contributed by atoms with Crippen LogP contribution >= 0.6 is 0 Å². The minimum atomic E-state index is -0.294. The average Bonchev–Trinajstić information content (AvgIpc) is 3.31. The van der Waals surface area contributed by atoms with Crippen LogP contribution in [0.2, 0.25) is 0 Å². The molecule has 0 aromatic heterocycles. The SMILES string of the molecule is Cc1ccc2c(c1)-c1cccc(-c3ccccc3)c1C21c2ccccc2-c2ccccc21. The topological polar surface area (TPSA) is 0 Å². The fourth-order valence-corrected chi connectivity index (χ4v) is 6.18. The molecule has 0 heterocycles. The molecular formula is C32H22. The summed E-state index contributed by atoms with van der Waals surface area (Å²) in [5.41, 5.74) is 14.6. The Hall–Kier alpha value is -3.90. The summed E-state index contributed by atoms with van der Waals surface area (Å²) in [5.74, 6) is 0. The first-order valence-corrected chi connectivity index (χ1v) is 11.3. The van der Waals surface area contributed by atoms with Crippen LogP contribution in [0.25, 0.3) is 33.4 Å². The standard InChI is InChI=1S/C32H22/c1-21-18-19-30-27(20-21)26-15-9-14-23(22-10-3-2-4-11-22)31(26)32(30)28-16-7-5-12-24(28)25-13-6-8-17-29(25)32/h2-20H,1H3. The lowest BCUT2D eigenvalue weighted by Crippen LogP contribution is -2.26. The van der Waals surface area contributed by atoms with Crippen molar-refractivity contribution in [2.45, 2.75) is 12.3 Å². The van der Waals surface area contributed by atoms with Crippen molar-refractivity contribution in [1.29, 1.82) is 0 Å². The number of rotatable bonds is 1. The zero-order valence-electron chi connectivity index (χ0n) is 18.0. The molecular weight excluding hydrogens is 384 g/mol.